The van der Waals surface area contributed by atoms with Gasteiger partial charge in [0, 0.05) is 18.1 Å². The predicted octanol–water partition coefficient (Wildman–Crippen LogP) is 2.92. The van der Waals surface area contributed by atoms with Gasteiger partial charge < -0.3 is 10.1 Å². The van der Waals surface area contributed by atoms with Crippen molar-refractivity contribution in [3.8, 4) is 5.75 Å². The van der Waals surface area contributed by atoms with Crippen LogP contribution in [0.5, 0.6) is 5.75 Å². The summed E-state index contributed by atoms with van der Waals surface area (Å²) in [7, 11) is 1.54. The van der Waals surface area contributed by atoms with Crippen molar-refractivity contribution in [2.45, 2.75) is 6.42 Å². The van der Waals surface area contributed by atoms with Gasteiger partial charge in [0.2, 0.25) is 5.91 Å². The van der Waals surface area contributed by atoms with Crippen molar-refractivity contribution in [1.82, 2.24) is 4.98 Å². The fourth-order valence-corrected chi connectivity index (χ4v) is 1.90. The Balaban J connectivity index is 2.01. The summed E-state index contributed by atoms with van der Waals surface area (Å²) in [5.74, 6) is 0.459. The number of nitrogens with zero attached hydrogens (tertiary/aromatic N) is 1. The lowest BCUT2D eigenvalue weighted by molar-refractivity contribution is -0.115. The van der Waals surface area contributed by atoms with Gasteiger partial charge in [-0.3, -0.25) is 9.78 Å². The number of nitrogens with one attached hydrogen (secondary N) is 1. The first-order valence-electron chi connectivity index (χ1n) is 5.71. The number of aromatic nitrogens is 1. The van der Waals surface area contributed by atoms with Crippen LogP contribution >= 0.6 is 11.6 Å². The van der Waals surface area contributed by atoms with Crippen LogP contribution in [-0.4, -0.2) is 18.0 Å². The standard InChI is InChI=1S/C14H13ClN2O2/c1-19-13-5-4-11(8-12(13)15)17-14(18)7-10-3-2-6-16-9-10/h2-6,8-9H,7H2,1H3,(H,17,18). The van der Waals surface area contributed by atoms with Crippen molar-refractivity contribution in [2.75, 3.05) is 12.4 Å². The topological polar surface area (TPSA) is 51.2 Å². The van der Waals surface area contributed by atoms with Crippen LogP contribution in [0.1, 0.15) is 5.56 Å². The fourth-order valence-electron chi connectivity index (χ4n) is 1.64. The number of amides is 1. The second kappa shape index (κ2) is 6.20. The summed E-state index contributed by atoms with van der Waals surface area (Å²) in [5, 5.41) is 3.24. The number of ether oxygens (including phenoxy) is 1. The maximum absolute atomic E-state index is 11.8. The second-order valence-corrected chi connectivity index (χ2v) is 4.34. The SMILES string of the molecule is COc1ccc(NC(=O)Cc2cccnc2)cc1Cl. The van der Waals surface area contributed by atoms with Crippen molar-refractivity contribution in [3.63, 3.8) is 0 Å². The molecular weight excluding hydrogens is 264 g/mol. The van der Waals surface area contributed by atoms with Crippen LogP contribution in [0.2, 0.25) is 5.02 Å². The number of carbonyl (C=O) groups is 1. The maximum atomic E-state index is 11.8. The minimum Gasteiger partial charge on any atom is -0.495 e. The van der Waals surface area contributed by atoms with Crippen LogP contribution in [-0.2, 0) is 11.2 Å². The average molecular weight is 277 g/mol. The summed E-state index contributed by atoms with van der Waals surface area (Å²) < 4.78 is 5.05. The van der Waals surface area contributed by atoms with E-state index in [4.69, 9.17) is 16.3 Å². The lowest BCUT2D eigenvalue weighted by Gasteiger charge is -2.08. The molecule has 0 bridgehead atoms. The van der Waals surface area contributed by atoms with Gasteiger partial charge in [-0.25, -0.2) is 0 Å². The molecule has 0 aliphatic rings. The van der Waals surface area contributed by atoms with Crippen molar-refractivity contribution >= 4 is 23.2 Å². The average Bonchev–Trinajstić information content (AvgIpc) is 2.40. The van der Waals surface area contributed by atoms with Crippen molar-refractivity contribution < 1.29 is 9.53 Å². The number of benzene rings is 1. The molecule has 0 radical (unpaired) electrons. The van der Waals surface area contributed by atoms with Gasteiger partial charge in [-0.2, -0.15) is 0 Å². The lowest BCUT2D eigenvalue weighted by Crippen LogP contribution is -2.14. The van der Waals surface area contributed by atoms with Crippen molar-refractivity contribution in [1.29, 1.82) is 0 Å². The first kappa shape index (κ1) is 13.4. The Kier molecular flexibility index (Phi) is 4.36. The molecular formula is C14H13ClN2O2. The molecule has 1 heterocycles. The normalized spacial score (nSPS) is 10.0. The number of anilines is 1. The largest absolute Gasteiger partial charge is 0.495 e. The first-order chi connectivity index (χ1) is 9.19. The Hall–Kier alpha value is -2.07. The van der Waals surface area contributed by atoms with Crippen LogP contribution in [0.3, 0.4) is 0 Å². The molecule has 0 saturated heterocycles. The Morgan fingerprint density at radius 3 is 2.89 bits per heavy atom. The molecule has 0 atom stereocenters. The molecule has 0 fully saturated rings. The summed E-state index contributed by atoms with van der Waals surface area (Å²) in [6.07, 6.45) is 3.61. The van der Waals surface area contributed by atoms with Crippen LogP contribution in [0.15, 0.2) is 42.7 Å². The third kappa shape index (κ3) is 3.69. The van der Waals surface area contributed by atoms with E-state index in [0.29, 0.717) is 16.5 Å². The number of rotatable bonds is 4. The van der Waals surface area contributed by atoms with Gasteiger partial charge in [-0.1, -0.05) is 17.7 Å². The molecule has 0 saturated carbocycles. The van der Waals surface area contributed by atoms with E-state index in [9.17, 15) is 4.79 Å². The number of pyridine rings is 1. The summed E-state index contributed by atoms with van der Waals surface area (Å²) in [5.41, 5.74) is 1.50. The molecule has 2 aromatic rings. The molecule has 4 nitrogen and oxygen atoms in total. The third-order valence-electron chi connectivity index (χ3n) is 2.52. The summed E-state index contributed by atoms with van der Waals surface area (Å²) in [6, 6.07) is 8.76. The van der Waals surface area contributed by atoms with Gasteiger partial charge in [0.25, 0.3) is 0 Å². The van der Waals surface area contributed by atoms with E-state index in [-0.39, 0.29) is 12.3 Å². The number of carbonyl (C=O) groups excluding carboxylic acids is 1. The van der Waals surface area contributed by atoms with Crippen molar-refractivity contribution in [3.05, 3.63) is 53.3 Å². The second-order valence-electron chi connectivity index (χ2n) is 3.94. The molecule has 0 aliphatic carbocycles. The highest BCUT2D eigenvalue weighted by Gasteiger charge is 2.06. The predicted molar refractivity (Wildman–Crippen MR) is 74.6 cm³/mol. The highest BCUT2D eigenvalue weighted by Crippen LogP contribution is 2.27. The van der Waals surface area contributed by atoms with Crippen LogP contribution in [0, 0.1) is 0 Å². The molecule has 0 spiro atoms. The summed E-state index contributed by atoms with van der Waals surface area (Å²) in [4.78, 5) is 15.8. The molecule has 98 valence electrons. The highest BCUT2D eigenvalue weighted by atomic mass is 35.5. The molecule has 2 rings (SSSR count). The van der Waals surface area contributed by atoms with Crippen molar-refractivity contribution in [2.24, 2.45) is 0 Å². The van der Waals surface area contributed by atoms with E-state index in [1.165, 1.54) is 0 Å². The first-order valence-corrected chi connectivity index (χ1v) is 6.09. The van der Waals surface area contributed by atoms with Gasteiger partial charge in [0.05, 0.1) is 18.6 Å². The zero-order chi connectivity index (χ0) is 13.7. The number of hydrogen-bond donors (Lipinski definition) is 1. The number of hydrogen-bond acceptors (Lipinski definition) is 3. The molecule has 1 amide bonds. The van der Waals surface area contributed by atoms with Crippen LogP contribution in [0.25, 0.3) is 0 Å². The highest BCUT2D eigenvalue weighted by molar-refractivity contribution is 6.32. The Morgan fingerprint density at radius 2 is 2.26 bits per heavy atom. The zero-order valence-corrected chi connectivity index (χ0v) is 11.1. The monoisotopic (exact) mass is 276 g/mol. The van der Waals surface area contributed by atoms with Gasteiger partial charge in [0.15, 0.2) is 0 Å². The van der Waals surface area contributed by atoms with Gasteiger partial charge in [0.1, 0.15) is 5.75 Å². The Labute approximate surface area is 116 Å². The van der Waals surface area contributed by atoms with Gasteiger partial charge >= 0.3 is 0 Å². The third-order valence-corrected chi connectivity index (χ3v) is 2.82. The number of halogens is 1. The Bertz CT molecular complexity index is 573. The fraction of sp³-hybridized carbons (Fsp3) is 0.143. The molecule has 5 heteroatoms. The minimum absolute atomic E-state index is 0.116. The van der Waals surface area contributed by atoms with E-state index >= 15 is 0 Å². The molecule has 0 aliphatic heterocycles. The van der Waals surface area contributed by atoms with E-state index in [2.05, 4.69) is 10.3 Å². The van der Waals surface area contributed by atoms with E-state index < -0.39 is 0 Å². The molecule has 1 aromatic carbocycles. The summed E-state index contributed by atoms with van der Waals surface area (Å²) >= 11 is 5.99. The molecule has 1 N–H and O–H groups in total. The Morgan fingerprint density at radius 1 is 1.42 bits per heavy atom. The molecule has 0 unspecified atom stereocenters. The number of methoxy groups -OCH3 is 1. The zero-order valence-electron chi connectivity index (χ0n) is 10.4. The van der Waals surface area contributed by atoms with Crippen LogP contribution < -0.4 is 10.1 Å². The smallest absolute Gasteiger partial charge is 0.228 e. The van der Waals surface area contributed by atoms with E-state index in [1.807, 2.05) is 6.07 Å². The molecule has 1 aromatic heterocycles. The van der Waals surface area contributed by atoms with Crippen LogP contribution in [0.4, 0.5) is 5.69 Å². The van der Waals surface area contributed by atoms with E-state index in [0.717, 1.165) is 5.56 Å². The van der Waals surface area contributed by atoms with Gasteiger partial charge in [-0.05, 0) is 29.8 Å². The maximum Gasteiger partial charge on any atom is 0.228 e. The quantitative estimate of drug-likeness (QED) is 0.934. The van der Waals surface area contributed by atoms with E-state index in [1.54, 1.807) is 43.8 Å². The summed E-state index contributed by atoms with van der Waals surface area (Å²) in [6.45, 7) is 0. The minimum atomic E-state index is -0.116. The van der Waals surface area contributed by atoms with Gasteiger partial charge in [-0.15, -0.1) is 0 Å². The lowest BCUT2D eigenvalue weighted by atomic mass is 10.2. The molecule has 19 heavy (non-hydrogen) atoms.